The van der Waals surface area contributed by atoms with Crippen LogP contribution in [0.2, 0.25) is 0 Å². The van der Waals surface area contributed by atoms with Gasteiger partial charge in [-0.15, -0.1) is 0 Å². The Bertz CT molecular complexity index is 706. The van der Waals surface area contributed by atoms with E-state index < -0.39 is 5.92 Å². The molecular weight excluding hydrogens is 364 g/mol. The molecule has 0 radical (unpaired) electrons. The number of ether oxygens (including phenoxy) is 1. The van der Waals surface area contributed by atoms with Gasteiger partial charge in [0.1, 0.15) is 0 Å². The van der Waals surface area contributed by atoms with E-state index in [1.54, 1.807) is 12.3 Å². The second-order valence-electron chi connectivity index (χ2n) is 6.61. The first-order valence-electron chi connectivity index (χ1n) is 9.17. The number of halogens is 2. The standard InChI is InChI=1S/C20H27F2N5O/c1-16(24-3)4-5-17-6-7-19(26-12-17)28-18(13-23-2)14-25-15-27-10-8-20(21,22)9-11-27/h4-7,12-14,16,24H,2,8-11,15H2,1,3H3/b5-4+,18-13+,25-14-/t16-/m0/s1. The summed E-state index contributed by atoms with van der Waals surface area (Å²) >= 11 is 0. The molecule has 0 amide bonds. The van der Waals surface area contributed by atoms with E-state index in [1.165, 1.54) is 12.4 Å². The zero-order valence-electron chi connectivity index (χ0n) is 16.3. The first kappa shape index (κ1) is 21.8. The first-order valence-corrected chi connectivity index (χ1v) is 9.17. The van der Waals surface area contributed by atoms with Crippen molar-refractivity contribution >= 4 is 19.0 Å². The molecule has 1 aromatic rings. The smallest absolute Gasteiger partial charge is 0.250 e. The molecule has 1 N–H and O–H groups in total. The summed E-state index contributed by atoms with van der Waals surface area (Å²) in [5, 5.41) is 3.12. The van der Waals surface area contributed by atoms with E-state index in [0.29, 0.717) is 31.4 Å². The molecule has 1 atom stereocenters. The minimum atomic E-state index is -2.56. The summed E-state index contributed by atoms with van der Waals surface area (Å²) in [6.45, 7) is 6.45. The molecule has 1 fully saturated rings. The van der Waals surface area contributed by atoms with E-state index >= 15 is 0 Å². The maximum absolute atomic E-state index is 13.2. The number of alkyl halides is 2. The third kappa shape index (κ3) is 7.66. The maximum atomic E-state index is 13.2. The molecule has 0 spiro atoms. The van der Waals surface area contributed by atoms with Gasteiger partial charge in [-0.1, -0.05) is 12.2 Å². The Balaban J connectivity index is 1.89. The van der Waals surface area contributed by atoms with Gasteiger partial charge < -0.3 is 10.1 Å². The lowest BCUT2D eigenvalue weighted by Crippen LogP contribution is -2.39. The van der Waals surface area contributed by atoms with Crippen molar-refractivity contribution in [2.75, 3.05) is 26.8 Å². The van der Waals surface area contributed by atoms with Gasteiger partial charge in [-0.3, -0.25) is 14.9 Å². The summed E-state index contributed by atoms with van der Waals surface area (Å²) in [4.78, 5) is 14.1. The first-order chi connectivity index (χ1) is 13.4. The highest BCUT2D eigenvalue weighted by molar-refractivity contribution is 5.76. The molecule has 1 aromatic heterocycles. The number of aromatic nitrogens is 1. The van der Waals surface area contributed by atoms with Crippen LogP contribution in [0.25, 0.3) is 6.08 Å². The van der Waals surface area contributed by atoms with E-state index in [0.717, 1.165) is 5.56 Å². The van der Waals surface area contributed by atoms with Crippen molar-refractivity contribution in [3.8, 4) is 5.88 Å². The largest absolute Gasteiger partial charge is 0.436 e. The van der Waals surface area contributed by atoms with Crippen LogP contribution in [0.4, 0.5) is 8.78 Å². The summed E-state index contributed by atoms with van der Waals surface area (Å²) in [6, 6.07) is 3.92. The monoisotopic (exact) mass is 391 g/mol. The summed E-state index contributed by atoms with van der Waals surface area (Å²) in [6.07, 6.45) is 8.39. The second-order valence-corrected chi connectivity index (χ2v) is 6.61. The van der Waals surface area contributed by atoms with Crippen LogP contribution in [0, 0.1) is 0 Å². The van der Waals surface area contributed by atoms with E-state index in [-0.39, 0.29) is 18.9 Å². The van der Waals surface area contributed by atoms with Crippen molar-refractivity contribution in [3.63, 3.8) is 0 Å². The van der Waals surface area contributed by atoms with Crippen molar-refractivity contribution in [3.05, 3.63) is 41.9 Å². The van der Waals surface area contributed by atoms with Crippen LogP contribution in [0.5, 0.6) is 5.88 Å². The number of rotatable bonds is 9. The van der Waals surface area contributed by atoms with Crippen LogP contribution in [0.15, 0.2) is 46.3 Å². The zero-order valence-corrected chi connectivity index (χ0v) is 16.3. The number of likely N-dealkylation sites (tertiary alicyclic amines) is 1. The topological polar surface area (TPSA) is 62.1 Å². The molecule has 2 rings (SSSR count). The zero-order chi connectivity index (χ0) is 20.4. The third-order valence-electron chi connectivity index (χ3n) is 4.32. The van der Waals surface area contributed by atoms with Crippen molar-refractivity contribution in [2.24, 2.45) is 9.98 Å². The van der Waals surface area contributed by atoms with Crippen molar-refractivity contribution in [1.29, 1.82) is 0 Å². The number of nitrogens with zero attached hydrogens (tertiary/aromatic N) is 4. The molecule has 28 heavy (non-hydrogen) atoms. The summed E-state index contributed by atoms with van der Waals surface area (Å²) in [5.41, 5.74) is 0.956. The molecule has 0 unspecified atom stereocenters. The molecule has 0 aliphatic carbocycles. The molecule has 1 aliphatic rings. The van der Waals surface area contributed by atoms with Crippen molar-refractivity contribution in [1.82, 2.24) is 15.2 Å². The number of piperidine rings is 1. The number of pyridine rings is 1. The molecule has 6 nitrogen and oxygen atoms in total. The minimum absolute atomic E-state index is 0.131. The number of hydrogen-bond acceptors (Lipinski definition) is 6. The lowest BCUT2D eigenvalue weighted by molar-refractivity contribution is -0.0544. The fourth-order valence-corrected chi connectivity index (χ4v) is 2.47. The minimum Gasteiger partial charge on any atom is -0.436 e. The highest BCUT2D eigenvalue weighted by Crippen LogP contribution is 2.27. The number of hydrogen-bond donors (Lipinski definition) is 1. The average Bonchev–Trinajstić information content (AvgIpc) is 2.68. The fraction of sp³-hybridized carbons (Fsp3) is 0.450. The molecule has 2 heterocycles. The Labute approximate surface area is 164 Å². The Morgan fingerprint density at radius 2 is 2.18 bits per heavy atom. The van der Waals surface area contributed by atoms with Crippen LogP contribution in [-0.2, 0) is 0 Å². The number of nitrogens with one attached hydrogen (secondary N) is 1. The Morgan fingerprint density at radius 3 is 2.79 bits per heavy atom. The predicted molar refractivity (Wildman–Crippen MR) is 109 cm³/mol. The van der Waals surface area contributed by atoms with Gasteiger partial charge in [0.25, 0.3) is 5.92 Å². The van der Waals surface area contributed by atoms with Crippen LogP contribution in [-0.4, -0.2) is 61.6 Å². The van der Waals surface area contributed by atoms with E-state index in [4.69, 9.17) is 4.74 Å². The number of aliphatic imine (C=N–C) groups is 2. The van der Waals surface area contributed by atoms with Crippen molar-refractivity contribution in [2.45, 2.75) is 31.7 Å². The Morgan fingerprint density at radius 1 is 1.43 bits per heavy atom. The molecule has 152 valence electrons. The van der Waals surface area contributed by atoms with Crippen molar-refractivity contribution < 1.29 is 13.5 Å². The van der Waals surface area contributed by atoms with E-state index in [2.05, 4.69) is 33.9 Å². The maximum Gasteiger partial charge on any atom is 0.250 e. The van der Waals surface area contributed by atoms with E-state index in [1.807, 2.05) is 30.2 Å². The summed E-state index contributed by atoms with van der Waals surface area (Å²) < 4.78 is 32.0. The number of likely N-dealkylation sites (N-methyl/N-ethyl adjacent to an activating group) is 1. The molecule has 0 aromatic carbocycles. The Hall–Kier alpha value is -2.45. The van der Waals surface area contributed by atoms with Gasteiger partial charge in [-0.05, 0) is 32.3 Å². The molecule has 0 saturated carbocycles. The lowest BCUT2D eigenvalue weighted by Gasteiger charge is -2.30. The van der Waals surface area contributed by atoms with Gasteiger partial charge >= 0.3 is 0 Å². The van der Waals surface area contributed by atoms with Gasteiger partial charge in [0.2, 0.25) is 5.88 Å². The molecule has 8 heteroatoms. The Kier molecular flexibility index (Phi) is 8.41. The molecule has 0 bridgehead atoms. The highest BCUT2D eigenvalue weighted by atomic mass is 19.3. The van der Waals surface area contributed by atoms with Crippen LogP contribution in [0.1, 0.15) is 25.3 Å². The molecular formula is C20H27F2N5O. The highest BCUT2D eigenvalue weighted by Gasteiger charge is 2.33. The predicted octanol–water partition coefficient (Wildman–Crippen LogP) is 3.38. The fourth-order valence-electron chi connectivity index (χ4n) is 2.47. The number of allylic oxidation sites excluding steroid dienone is 1. The normalized spacial score (nSPS) is 19.2. The molecule has 1 aliphatic heterocycles. The lowest BCUT2D eigenvalue weighted by atomic mass is 10.1. The summed E-state index contributed by atoms with van der Waals surface area (Å²) in [7, 11) is 1.90. The summed E-state index contributed by atoms with van der Waals surface area (Å²) in [5.74, 6) is -1.78. The van der Waals surface area contributed by atoms with Gasteiger partial charge in [0.05, 0.1) is 19.1 Å². The van der Waals surface area contributed by atoms with Gasteiger partial charge in [-0.25, -0.2) is 13.8 Å². The quantitative estimate of drug-likeness (QED) is 0.518. The second kappa shape index (κ2) is 10.8. The van der Waals surface area contributed by atoms with Crippen LogP contribution >= 0.6 is 0 Å². The van der Waals surface area contributed by atoms with Gasteiger partial charge in [0, 0.05) is 44.2 Å². The van der Waals surface area contributed by atoms with E-state index in [9.17, 15) is 8.78 Å². The average molecular weight is 391 g/mol. The molecule has 1 saturated heterocycles. The van der Waals surface area contributed by atoms with Gasteiger partial charge in [0.15, 0.2) is 5.76 Å². The third-order valence-corrected chi connectivity index (χ3v) is 4.32. The van der Waals surface area contributed by atoms with Crippen LogP contribution in [0.3, 0.4) is 0 Å². The van der Waals surface area contributed by atoms with Gasteiger partial charge in [-0.2, -0.15) is 0 Å². The SMILES string of the molecule is C=N/C=C(\C=N/CN1CCC(F)(F)CC1)Oc1ccc(/C=C/[C@H](C)NC)cn1. The van der Waals surface area contributed by atoms with Crippen LogP contribution < -0.4 is 10.1 Å².